The van der Waals surface area contributed by atoms with Gasteiger partial charge in [0.25, 0.3) is 0 Å². The lowest BCUT2D eigenvalue weighted by Gasteiger charge is -2.23. The van der Waals surface area contributed by atoms with Crippen molar-refractivity contribution in [3.05, 3.63) is 0 Å². The van der Waals surface area contributed by atoms with Gasteiger partial charge < -0.3 is 19.5 Å². The van der Waals surface area contributed by atoms with Gasteiger partial charge in [0.05, 0.1) is 13.2 Å². The van der Waals surface area contributed by atoms with Crippen molar-refractivity contribution < 1.29 is 24.2 Å². The van der Waals surface area contributed by atoms with E-state index < -0.39 is 0 Å². The third-order valence-corrected chi connectivity index (χ3v) is 11.2. The number of hydrogen-bond acceptors (Lipinski definition) is 6. The number of unbranched alkanes of at least 4 members (excludes halogenated alkanes) is 15. The lowest BCUT2D eigenvalue weighted by molar-refractivity contribution is -0.145. The largest absolute Gasteiger partial charge is 0.466 e. The first kappa shape index (κ1) is 46.9. The molecule has 6 nitrogen and oxygen atoms in total. The molecule has 0 spiro atoms. The van der Waals surface area contributed by atoms with Gasteiger partial charge in [-0.05, 0) is 108 Å². The molecule has 1 rings (SSSR count). The van der Waals surface area contributed by atoms with Crippen molar-refractivity contribution in [3.63, 3.8) is 0 Å². The van der Waals surface area contributed by atoms with E-state index in [2.05, 4.69) is 25.7 Å². The van der Waals surface area contributed by atoms with Crippen LogP contribution in [0.1, 0.15) is 220 Å². The first-order valence-corrected chi connectivity index (χ1v) is 22.1. The SMILES string of the molecule is CCCCCCCCCC(=O)OCCCCCCCN(CCCCO)CCCCC1(CCC(=O)OCCCCC(CCCC)CCCC)CC1. The van der Waals surface area contributed by atoms with Gasteiger partial charge in [0, 0.05) is 19.4 Å². The first-order valence-electron chi connectivity index (χ1n) is 22.1. The van der Waals surface area contributed by atoms with E-state index in [1.54, 1.807) is 0 Å². The smallest absolute Gasteiger partial charge is 0.305 e. The molecule has 0 amide bonds. The van der Waals surface area contributed by atoms with Crippen LogP contribution in [0, 0.1) is 11.3 Å². The summed E-state index contributed by atoms with van der Waals surface area (Å²) >= 11 is 0. The van der Waals surface area contributed by atoms with Gasteiger partial charge in [0.1, 0.15) is 0 Å². The second kappa shape index (κ2) is 33.7. The van der Waals surface area contributed by atoms with Crippen LogP contribution in [0.4, 0.5) is 0 Å². The molecular formula is C44H85NO5. The quantitative estimate of drug-likeness (QED) is 0.0506. The summed E-state index contributed by atoms with van der Waals surface area (Å²) in [5, 5.41) is 9.28. The molecule has 0 atom stereocenters. The Balaban J connectivity index is 2.11. The molecule has 1 fully saturated rings. The van der Waals surface area contributed by atoms with Gasteiger partial charge in [0.15, 0.2) is 0 Å². The minimum Gasteiger partial charge on any atom is -0.466 e. The molecule has 0 heterocycles. The second-order valence-electron chi connectivity index (χ2n) is 16.0. The maximum atomic E-state index is 12.5. The Morgan fingerprint density at radius 1 is 0.540 bits per heavy atom. The molecule has 0 unspecified atom stereocenters. The fourth-order valence-electron chi connectivity index (χ4n) is 7.45. The zero-order chi connectivity index (χ0) is 36.4. The fourth-order valence-corrected chi connectivity index (χ4v) is 7.45. The number of carbonyl (C=O) groups is 2. The summed E-state index contributed by atoms with van der Waals surface area (Å²) in [6, 6.07) is 0. The van der Waals surface area contributed by atoms with Crippen molar-refractivity contribution >= 4 is 11.9 Å². The van der Waals surface area contributed by atoms with Gasteiger partial charge in [0.2, 0.25) is 0 Å². The lowest BCUT2D eigenvalue weighted by Crippen LogP contribution is -2.27. The Kier molecular flexibility index (Phi) is 31.6. The number of aliphatic hydroxyl groups is 1. The number of hydrogen-bond donors (Lipinski definition) is 1. The van der Waals surface area contributed by atoms with Crippen LogP contribution in [-0.2, 0) is 19.1 Å². The van der Waals surface area contributed by atoms with Crippen LogP contribution in [0.2, 0.25) is 0 Å². The number of rotatable bonds is 39. The van der Waals surface area contributed by atoms with Gasteiger partial charge in [-0.3, -0.25) is 9.59 Å². The average Bonchev–Trinajstić information content (AvgIpc) is 3.90. The van der Waals surface area contributed by atoms with E-state index >= 15 is 0 Å². The molecule has 0 aliphatic heterocycles. The van der Waals surface area contributed by atoms with Gasteiger partial charge >= 0.3 is 11.9 Å². The molecule has 0 aromatic rings. The molecule has 6 heteroatoms. The predicted molar refractivity (Wildman–Crippen MR) is 212 cm³/mol. The van der Waals surface area contributed by atoms with Crippen LogP contribution in [0.15, 0.2) is 0 Å². The van der Waals surface area contributed by atoms with E-state index in [9.17, 15) is 14.7 Å². The maximum Gasteiger partial charge on any atom is 0.305 e. The molecule has 0 bridgehead atoms. The zero-order valence-corrected chi connectivity index (χ0v) is 33.8. The monoisotopic (exact) mass is 708 g/mol. The number of esters is 2. The summed E-state index contributed by atoms with van der Waals surface area (Å²) in [5.74, 6) is 0.856. The Morgan fingerprint density at radius 3 is 1.62 bits per heavy atom. The normalized spacial score (nSPS) is 13.7. The third kappa shape index (κ3) is 28.4. The average molecular weight is 708 g/mol. The number of nitrogens with zero attached hydrogens (tertiary/aromatic N) is 1. The Bertz CT molecular complexity index is 762. The van der Waals surface area contributed by atoms with E-state index in [4.69, 9.17) is 9.47 Å². The molecule has 1 aliphatic carbocycles. The Labute approximate surface area is 311 Å². The molecule has 1 N–H and O–H groups in total. The fraction of sp³-hybridized carbons (Fsp3) is 0.955. The molecular weight excluding hydrogens is 622 g/mol. The zero-order valence-electron chi connectivity index (χ0n) is 33.8. The molecule has 0 saturated heterocycles. The van der Waals surface area contributed by atoms with Crippen molar-refractivity contribution in [1.29, 1.82) is 0 Å². The third-order valence-electron chi connectivity index (χ3n) is 11.2. The summed E-state index contributed by atoms with van der Waals surface area (Å²) < 4.78 is 11.1. The summed E-state index contributed by atoms with van der Waals surface area (Å²) in [7, 11) is 0. The number of carbonyl (C=O) groups excluding carboxylic acids is 2. The van der Waals surface area contributed by atoms with Crippen molar-refractivity contribution in [2.45, 2.75) is 220 Å². The highest BCUT2D eigenvalue weighted by Crippen LogP contribution is 2.53. The predicted octanol–water partition coefficient (Wildman–Crippen LogP) is 12.1. The minimum absolute atomic E-state index is 0.0136. The number of ether oxygens (including phenoxy) is 2. The summed E-state index contributed by atoms with van der Waals surface area (Å²) in [6.07, 6.45) is 36.1. The molecule has 1 saturated carbocycles. The van der Waals surface area contributed by atoms with Crippen LogP contribution in [-0.4, -0.2) is 61.4 Å². The van der Waals surface area contributed by atoms with Crippen LogP contribution in [0.5, 0.6) is 0 Å². The Hall–Kier alpha value is -1.14. The Morgan fingerprint density at radius 2 is 1.02 bits per heavy atom. The summed E-state index contributed by atoms with van der Waals surface area (Å²) in [5.41, 5.74) is 0.398. The molecule has 50 heavy (non-hydrogen) atoms. The van der Waals surface area contributed by atoms with Crippen molar-refractivity contribution in [3.8, 4) is 0 Å². The highest BCUT2D eigenvalue weighted by molar-refractivity contribution is 5.69. The van der Waals surface area contributed by atoms with E-state index in [1.165, 1.54) is 135 Å². The highest BCUT2D eigenvalue weighted by Gasteiger charge is 2.41. The van der Waals surface area contributed by atoms with E-state index in [0.29, 0.717) is 31.5 Å². The van der Waals surface area contributed by atoms with Gasteiger partial charge in [-0.15, -0.1) is 0 Å². The topological polar surface area (TPSA) is 76.1 Å². The van der Waals surface area contributed by atoms with E-state index in [-0.39, 0.29) is 18.5 Å². The van der Waals surface area contributed by atoms with Gasteiger partial charge in [-0.1, -0.05) is 130 Å². The molecule has 296 valence electrons. The second-order valence-corrected chi connectivity index (χ2v) is 16.0. The van der Waals surface area contributed by atoms with Crippen molar-refractivity contribution in [2.24, 2.45) is 11.3 Å². The van der Waals surface area contributed by atoms with Crippen molar-refractivity contribution in [2.75, 3.05) is 39.5 Å². The molecule has 0 radical (unpaired) electrons. The minimum atomic E-state index is -0.0167. The van der Waals surface area contributed by atoms with Crippen LogP contribution in [0.25, 0.3) is 0 Å². The van der Waals surface area contributed by atoms with Crippen LogP contribution < -0.4 is 0 Å². The summed E-state index contributed by atoms with van der Waals surface area (Å²) in [4.78, 5) is 27.1. The van der Waals surface area contributed by atoms with Crippen LogP contribution >= 0.6 is 0 Å². The lowest BCUT2D eigenvalue weighted by atomic mass is 9.91. The molecule has 1 aliphatic rings. The molecule has 0 aromatic heterocycles. The van der Waals surface area contributed by atoms with Crippen molar-refractivity contribution in [1.82, 2.24) is 4.90 Å². The standard InChI is InChI=1S/C44H85NO5/c1-4-7-10-11-12-14-17-29-42(47)49-39-24-16-13-15-20-35-45(37-22-23-38-46)36-21-19-31-44(33-34-44)32-30-43(48)50-40-25-18-28-41(26-8-5-2)27-9-6-3/h41,46H,4-40H2,1-3H3. The number of aliphatic hydroxyl groups excluding tert-OH is 1. The highest BCUT2D eigenvalue weighted by atomic mass is 16.5. The summed E-state index contributed by atoms with van der Waals surface area (Å²) in [6.45, 7) is 11.6. The first-order chi connectivity index (χ1) is 24.5. The molecule has 0 aromatic carbocycles. The van der Waals surface area contributed by atoms with E-state index in [1.807, 2.05) is 0 Å². The van der Waals surface area contributed by atoms with Crippen LogP contribution in [0.3, 0.4) is 0 Å². The van der Waals surface area contributed by atoms with E-state index in [0.717, 1.165) is 76.9 Å². The van der Waals surface area contributed by atoms with Gasteiger partial charge in [-0.25, -0.2) is 0 Å². The van der Waals surface area contributed by atoms with Gasteiger partial charge in [-0.2, -0.15) is 0 Å². The maximum absolute atomic E-state index is 12.5.